The molecule has 0 aliphatic heterocycles. The van der Waals surface area contributed by atoms with Crippen LogP contribution in [0, 0.1) is 20.2 Å². The highest BCUT2D eigenvalue weighted by Crippen LogP contribution is 2.39. The number of nitrogens with zero attached hydrogens (tertiary/aromatic N) is 26. The Morgan fingerprint density at radius 2 is 0.550 bits per heavy atom. The van der Waals surface area contributed by atoms with Crippen LogP contribution in [-0.2, 0) is 105 Å². The van der Waals surface area contributed by atoms with E-state index in [0.717, 1.165) is 101 Å². The quantitative estimate of drug-likeness (QED) is 0.0255. The summed E-state index contributed by atoms with van der Waals surface area (Å²) < 4.78 is 34.7. The first-order valence-electron chi connectivity index (χ1n) is 40.9. The second kappa shape index (κ2) is 47.7. The summed E-state index contributed by atoms with van der Waals surface area (Å²) in [5, 5.41) is 56.5. The third kappa shape index (κ3) is 28.9. The molecule has 36 heteroatoms. The van der Waals surface area contributed by atoms with Crippen molar-refractivity contribution in [2.45, 2.75) is 105 Å². The van der Waals surface area contributed by atoms with Gasteiger partial charge in [0.05, 0.1) is 169 Å². The molecule has 0 saturated carbocycles. The highest BCUT2D eigenvalue weighted by atomic mass is 79.9. The van der Waals surface area contributed by atoms with E-state index in [2.05, 4.69) is 117 Å². The fourth-order valence-corrected chi connectivity index (χ4v) is 14.4. The first kappa shape index (κ1) is 91.5. The van der Waals surface area contributed by atoms with Crippen LogP contribution in [0.15, 0.2) is 297 Å². The molecule has 0 radical (unpaired) electrons. The fourth-order valence-electron chi connectivity index (χ4n) is 13.8. The van der Waals surface area contributed by atoms with Crippen molar-refractivity contribution in [2.75, 3.05) is 35.5 Å². The number of ether oxygens (including phenoxy) is 5. The molecule has 12 aromatic heterocycles. The molecule has 16 aromatic rings. The van der Waals surface area contributed by atoms with E-state index < -0.39 is 9.85 Å². The number of nitro groups is 2. The standard InChI is InChI=1S/C25H28N6O3.C23H23BrN6O.C23H23N7O3.C22H21N7O2/c1-32-23-12-19(13-24(33-2)25(23)34-3)14-31-18-22(28-29-31)17-30(15-20-8-4-6-10-26-20)16-21-9-5-7-11-27-21;1-31-23-9-8-18(12-22(23)24)13-30-17-21(27-28-30)16-29(14-19-6-2-4-10-25-19)15-20-7-3-5-11-26-20;1-33-23-9-8-18(12-22(23)30(31)32)13-29-17-21(26-27-29)16-28(14-19-6-2-4-10-24-19)15-20-7-3-5-11-25-20;30-29(31)22-9-7-18(8-10-22)13-28-17-21(25-26-28)16-27(14-19-5-1-3-11-23-19)15-20-6-2-4-12-24-20/h4-13,18H,14-17H2,1-3H3;2-12,17H,13-16H2,1H3;2-12,17H,13-16H2,1H3;1-12,17H,13-16H2. The molecule has 0 aliphatic rings. The second-order valence-electron chi connectivity index (χ2n) is 29.5. The van der Waals surface area contributed by atoms with Gasteiger partial charge >= 0.3 is 5.69 Å². The number of hydrogen-bond donors (Lipinski definition) is 0. The molecule has 0 amide bonds. The molecule has 4 aromatic carbocycles. The van der Waals surface area contributed by atoms with Gasteiger partial charge in [-0.15, -0.1) is 20.4 Å². The van der Waals surface area contributed by atoms with Crippen molar-refractivity contribution in [1.29, 1.82) is 0 Å². The maximum atomic E-state index is 11.3. The molecular weight excluding hydrogens is 1710 g/mol. The van der Waals surface area contributed by atoms with Gasteiger partial charge in [-0.3, -0.25) is 79.7 Å². The predicted octanol–water partition coefficient (Wildman–Crippen LogP) is 13.9. The lowest BCUT2D eigenvalue weighted by Crippen LogP contribution is -2.23. The van der Waals surface area contributed by atoms with Crippen molar-refractivity contribution >= 4 is 27.3 Å². The topological polar surface area (TPSA) is 371 Å². The molecule has 35 nitrogen and oxygen atoms in total. The van der Waals surface area contributed by atoms with E-state index >= 15 is 0 Å². The van der Waals surface area contributed by atoms with E-state index in [0.29, 0.717) is 122 Å². The number of methoxy groups -OCH3 is 5. The van der Waals surface area contributed by atoms with Crippen molar-refractivity contribution in [3.63, 3.8) is 0 Å². The zero-order chi connectivity index (χ0) is 89.7. The summed E-state index contributed by atoms with van der Waals surface area (Å²) in [6, 6.07) is 68.4. The summed E-state index contributed by atoms with van der Waals surface area (Å²) in [7, 11) is 7.86. The fraction of sp³-hybridized carbons (Fsp3) is 0.226. The van der Waals surface area contributed by atoms with E-state index in [1.807, 2.05) is 230 Å². The Balaban J connectivity index is 0.000000147. The molecule has 0 aliphatic carbocycles. The Kier molecular flexibility index (Phi) is 33.8. The first-order valence-corrected chi connectivity index (χ1v) is 41.7. The van der Waals surface area contributed by atoms with Crippen LogP contribution in [0.4, 0.5) is 11.4 Å². The number of hydrogen-bond acceptors (Lipinski definition) is 29. The van der Waals surface area contributed by atoms with Gasteiger partial charge in [0.15, 0.2) is 17.2 Å². The highest BCUT2D eigenvalue weighted by Gasteiger charge is 2.22. The SMILES string of the molecule is COc1cc(Cn2cc(CN(Cc3ccccn3)Cc3ccccn3)nn2)cc(OC)c1OC.COc1ccc(Cn2cc(CN(Cc3ccccn3)Cc3ccccn3)nn2)cc1Br.COc1ccc(Cn2cc(CN(Cc3ccccn3)Cc3ccccn3)nn2)cc1[N+](=O)[O-].O=[N+]([O-])c1ccc(Cn2cc(CN(Cc3ccccn3)Cc3ccccn3)nn2)cc1. The van der Waals surface area contributed by atoms with Crippen molar-refractivity contribution in [2.24, 2.45) is 0 Å². The van der Waals surface area contributed by atoms with Gasteiger partial charge in [-0.25, -0.2) is 18.7 Å². The Hall–Kier alpha value is -15.2. The molecule has 0 spiro atoms. The van der Waals surface area contributed by atoms with E-state index in [-0.39, 0.29) is 17.1 Å². The van der Waals surface area contributed by atoms with Gasteiger partial charge in [-0.05, 0) is 166 Å². The molecule has 0 bridgehead atoms. The van der Waals surface area contributed by atoms with E-state index in [1.54, 1.807) is 91.5 Å². The van der Waals surface area contributed by atoms with Crippen LogP contribution in [0.2, 0.25) is 0 Å². The number of nitro benzene ring substituents is 2. The van der Waals surface area contributed by atoms with Crippen LogP contribution in [-0.4, -0.2) is 165 Å². The van der Waals surface area contributed by atoms with Gasteiger partial charge in [0, 0.05) is 146 Å². The summed E-state index contributed by atoms with van der Waals surface area (Å²) in [5.41, 5.74) is 14.9. The lowest BCUT2D eigenvalue weighted by atomic mass is 10.2. The zero-order valence-corrected chi connectivity index (χ0v) is 73.3. The minimum atomic E-state index is -0.456. The summed E-state index contributed by atoms with van der Waals surface area (Å²) in [6.07, 6.45) is 22.1. The van der Waals surface area contributed by atoms with E-state index in [4.69, 9.17) is 23.7 Å². The third-order valence-corrected chi connectivity index (χ3v) is 20.3. The number of non-ortho nitro benzene ring substituents is 1. The lowest BCUT2D eigenvalue weighted by molar-refractivity contribution is -0.385. The lowest BCUT2D eigenvalue weighted by Gasteiger charge is -2.20. The van der Waals surface area contributed by atoms with Gasteiger partial charge in [-0.1, -0.05) is 93.6 Å². The third-order valence-electron chi connectivity index (χ3n) is 19.7. The minimum absolute atomic E-state index is 0.0720. The summed E-state index contributed by atoms with van der Waals surface area (Å²) >= 11 is 3.53. The van der Waals surface area contributed by atoms with Crippen molar-refractivity contribution < 1.29 is 33.5 Å². The number of aromatic nitrogens is 20. The Bertz CT molecular complexity index is 5900. The molecule has 0 atom stereocenters. The van der Waals surface area contributed by atoms with Crippen LogP contribution < -0.4 is 23.7 Å². The van der Waals surface area contributed by atoms with Crippen LogP contribution in [0.5, 0.6) is 28.7 Å². The Morgan fingerprint density at radius 3 is 0.806 bits per heavy atom. The van der Waals surface area contributed by atoms with Gasteiger partial charge in [0.2, 0.25) is 5.75 Å². The summed E-state index contributed by atoms with van der Waals surface area (Å²) in [6.45, 7) is 9.76. The minimum Gasteiger partial charge on any atom is -0.496 e. The Morgan fingerprint density at radius 1 is 0.287 bits per heavy atom. The summed E-state index contributed by atoms with van der Waals surface area (Å²) in [4.78, 5) is 65.7. The van der Waals surface area contributed by atoms with Crippen LogP contribution in [0.25, 0.3) is 0 Å². The van der Waals surface area contributed by atoms with Gasteiger partial charge in [0.25, 0.3) is 5.69 Å². The molecular formula is C93H95BrN26O9. The normalized spacial score (nSPS) is 11.0. The molecule has 658 valence electrons. The Labute approximate surface area is 753 Å². The van der Waals surface area contributed by atoms with E-state index in [1.165, 1.54) is 25.3 Å². The van der Waals surface area contributed by atoms with Crippen LogP contribution in [0.3, 0.4) is 0 Å². The van der Waals surface area contributed by atoms with Gasteiger partial charge in [-0.2, -0.15) is 0 Å². The van der Waals surface area contributed by atoms with Gasteiger partial charge in [0.1, 0.15) is 5.75 Å². The molecule has 16 rings (SSSR count). The van der Waals surface area contributed by atoms with Crippen LogP contribution in [0.1, 0.15) is 90.6 Å². The maximum Gasteiger partial charge on any atom is 0.311 e. The maximum absolute atomic E-state index is 11.3. The molecule has 0 fully saturated rings. The predicted molar refractivity (Wildman–Crippen MR) is 482 cm³/mol. The number of rotatable bonds is 39. The summed E-state index contributed by atoms with van der Waals surface area (Å²) in [5.74, 6) is 2.81. The number of benzene rings is 4. The molecule has 0 unspecified atom stereocenters. The van der Waals surface area contributed by atoms with E-state index in [9.17, 15) is 20.2 Å². The molecule has 12 heterocycles. The van der Waals surface area contributed by atoms with Gasteiger partial charge < -0.3 is 23.7 Å². The van der Waals surface area contributed by atoms with Crippen molar-refractivity contribution in [3.8, 4) is 28.7 Å². The van der Waals surface area contributed by atoms with Crippen molar-refractivity contribution in [1.82, 2.24) is 119 Å². The average Bonchev–Trinajstić information content (AvgIpc) is 1.82. The molecule has 0 saturated heterocycles. The second-order valence-corrected chi connectivity index (χ2v) is 30.3. The highest BCUT2D eigenvalue weighted by molar-refractivity contribution is 9.10. The number of pyridine rings is 8. The van der Waals surface area contributed by atoms with Crippen LogP contribution >= 0.6 is 15.9 Å². The molecule has 129 heavy (non-hydrogen) atoms. The number of halogens is 1. The molecule has 0 N–H and O–H groups in total. The average molecular weight is 1800 g/mol. The monoisotopic (exact) mass is 1800 g/mol. The smallest absolute Gasteiger partial charge is 0.311 e. The zero-order valence-electron chi connectivity index (χ0n) is 71.7. The first-order chi connectivity index (χ1) is 63.1. The largest absolute Gasteiger partial charge is 0.496 e. The van der Waals surface area contributed by atoms with Crippen molar-refractivity contribution in [3.05, 3.63) is 408 Å².